The molecule has 0 aliphatic rings. The van der Waals surface area contributed by atoms with E-state index in [1.165, 1.54) is 5.56 Å². The molecule has 2 aromatic rings. The minimum absolute atomic E-state index is 0.183. The number of halogens is 3. The van der Waals surface area contributed by atoms with Gasteiger partial charge < -0.3 is 10.1 Å². The SMILES string of the molecule is COc1ccc(C(C)NCc2cc(Cl)ccc2Cl)cc1Br. The summed E-state index contributed by atoms with van der Waals surface area (Å²) >= 11 is 15.7. The first-order chi connectivity index (χ1) is 10.0. The van der Waals surface area contributed by atoms with E-state index >= 15 is 0 Å². The smallest absolute Gasteiger partial charge is 0.133 e. The molecule has 112 valence electrons. The van der Waals surface area contributed by atoms with Crippen LogP contribution in [0.2, 0.25) is 10.0 Å². The molecule has 0 spiro atoms. The summed E-state index contributed by atoms with van der Waals surface area (Å²) in [5.41, 5.74) is 2.16. The number of rotatable bonds is 5. The summed E-state index contributed by atoms with van der Waals surface area (Å²) in [5.74, 6) is 0.823. The molecule has 5 heteroatoms. The Bertz CT molecular complexity index is 634. The molecule has 0 fully saturated rings. The van der Waals surface area contributed by atoms with Gasteiger partial charge in [0, 0.05) is 22.6 Å². The molecule has 0 heterocycles. The van der Waals surface area contributed by atoms with Gasteiger partial charge in [0.2, 0.25) is 0 Å². The van der Waals surface area contributed by atoms with Crippen molar-refractivity contribution in [2.75, 3.05) is 7.11 Å². The molecule has 0 aliphatic heterocycles. The van der Waals surface area contributed by atoms with E-state index in [1.54, 1.807) is 13.2 Å². The number of hydrogen-bond acceptors (Lipinski definition) is 2. The zero-order chi connectivity index (χ0) is 15.4. The molecule has 21 heavy (non-hydrogen) atoms. The molecule has 1 unspecified atom stereocenters. The number of methoxy groups -OCH3 is 1. The maximum Gasteiger partial charge on any atom is 0.133 e. The van der Waals surface area contributed by atoms with Crippen molar-refractivity contribution in [2.45, 2.75) is 19.5 Å². The Balaban J connectivity index is 2.06. The molecule has 1 atom stereocenters. The zero-order valence-corrected chi connectivity index (χ0v) is 14.9. The molecule has 0 saturated carbocycles. The van der Waals surface area contributed by atoms with Crippen LogP contribution in [0.15, 0.2) is 40.9 Å². The fourth-order valence-electron chi connectivity index (χ4n) is 2.01. The fraction of sp³-hybridized carbons (Fsp3) is 0.250. The third kappa shape index (κ3) is 4.36. The summed E-state index contributed by atoms with van der Waals surface area (Å²) in [7, 11) is 1.66. The highest BCUT2D eigenvalue weighted by atomic mass is 79.9. The summed E-state index contributed by atoms with van der Waals surface area (Å²) in [6.07, 6.45) is 0. The Morgan fingerprint density at radius 2 is 1.95 bits per heavy atom. The van der Waals surface area contributed by atoms with Gasteiger partial charge in [-0.3, -0.25) is 0 Å². The van der Waals surface area contributed by atoms with Crippen LogP contribution < -0.4 is 10.1 Å². The summed E-state index contributed by atoms with van der Waals surface area (Å²) in [4.78, 5) is 0. The number of ether oxygens (including phenoxy) is 1. The lowest BCUT2D eigenvalue weighted by Gasteiger charge is -2.16. The van der Waals surface area contributed by atoms with Gasteiger partial charge in [0.25, 0.3) is 0 Å². The van der Waals surface area contributed by atoms with Gasteiger partial charge in [-0.1, -0.05) is 29.3 Å². The highest BCUT2D eigenvalue weighted by molar-refractivity contribution is 9.10. The van der Waals surface area contributed by atoms with Crippen LogP contribution in [-0.4, -0.2) is 7.11 Å². The van der Waals surface area contributed by atoms with E-state index in [4.69, 9.17) is 27.9 Å². The molecular weight excluding hydrogens is 373 g/mol. The topological polar surface area (TPSA) is 21.3 Å². The maximum absolute atomic E-state index is 6.17. The maximum atomic E-state index is 6.17. The van der Waals surface area contributed by atoms with Crippen molar-refractivity contribution >= 4 is 39.1 Å². The average molecular weight is 389 g/mol. The van der Waals surface area contributed by atoms with Crippen LogP contribution in [0.25, 0.3) is 0 Å². The minimum atomic E-state index is 0.183. The molecule has 2 rings (SSSR count). The van der Waals surface area contributed by atoms with Crippen molar-refractivity contribution < 1.29 is 4.74 Å². The first-order valence-corrected chi connectivity index (χ1v) is 8.07. The van der Waals surface area contributed by atoms with Gasteiger partial charge in [-0.2, -0.15) is 0 Å². The van der Waals surface area contributed by atoms with Crippen LogP contribution in [0.3, 0.4) is 0 Å². The van der Waals surface area contributed by atoms with Gasteiger partial charge in [0.15, 0.2) is 0 Å². The predicted octanol–water partition coefficient (Wildman–Crippen LogP) is 5.62. The van der Waals surface area contributed by atoms with Crippen LogP contribution in [0, 0.1) is 0 Å². The van der Waals surface area contributed by atoms with Gasteiger partial charge in [-0.25, -0.2) is 0 Å². The summed E-state index contributed by atoms with van der Waals surface area (Å²) < 4.78 is 6.18. The highest BCUT2D eigenvalue weighted by Crippen LogP contribution is 2.28. The van der Waals surface area contributed by atoms with Gasteiger partial charge in [-0.05, 0) is 64.3 Å². The normalized spacial score (nSPS) is 12.2. The van der Waals surface area contributed by atoms with Crippen molar-refractivity contribution in [1.82, 2.24) is 5.32 Å². The lowest BCUT2D eigenvalue weighted by Crippen LogP contribution is -2.18. The van der Waals surface area contributed by atoms with E-state index in [0.717, 1.165) is 20.8 Å². The zero-order valence-electron chi connectivity index (χ0n) is 11.8. The standard InChI is InChI=1S/C16H16BrCl2NO/c1-10(11-3-6-16(21-2)14(17)8-11)20-9-12-7-13(18)4-5-15(12)19/h3-8,10,20H,9H2,1-2H3. The van der Waals surface area contributed by atoms with E-state index in [1.807, 2.05) is 24.3 Å². The van der Waals surface area contributed by atoms with E-state index in [9.17, 15) is 0 Å². The molecule has 2 aromatic carbocycles. The third-order valence-electron chi connectivity index (χ3n) is 3.28. The van der Waals surface area contributed by atoms with E-state index < -0.39 is 0 Å². The molecule has 0 bridgehead atoms. The van der Waals surface area contributed by atoms with Crippen LogP contribution >= 0.6 is 39.1 Å². The van der Waals surface area contributed by atoms with Gasteiger partial charge >= 0.3 is 0 Å². The number of benzene rings is 2. The van der Waals surface area contributed by atoms with Crippen molar-refractivity contribution in [3.8, 4) is 5.75 Å². The Hall–Kier alpha value is -0.740. The lowest BCUT2D eigenvalue weighted by molar-refractivity contribution is 0.411. The number of hydrogen-bond donors (Lipinski definition) is 1. The quantitative estimate of drug-likeness (QED) is 0.718. The van der Waals surface area contributed by atoms with Crippen LogP contribution in [0.5, 0.6) is 5.75 Å². The first kappa shape index (κ1) is 16.6. The summed E-state index contributed by atoms with van der Waals surface area (Å²) in [6.45, 7) is 2.76. The second kappa shape index (κ2) is 7.50. The van der Waals surface area contributed by atoms with Crippen LogP contribution in [0.4, 0.5) is 0 Å². The molecule has 0 aromatic heterocycles. The second-order valence-corrected chi connectivity index (χ2v) is 6.43. The monoisotopic (exact) mass is 387 g/mol. The molecule has 0 radical (unpaired) electrons. The molecule has 2 nitrogen and oxygen atoms in total. The summed E-state index contributed by atoms with van der Waals surface area (Å²) in [5, 5.41) is 4.85. The van der Waals surface area contributed by atoms with Crippen molar-refractivity contribution in [2.24, 2.45) is 0 Å². The number of nitrogens with one attached hydrogen (secondary N) is 1. The Morgan fingerprint density at radius 1 is 1.19 bits per heavy atom. The van der Waals surface area contributed by atoms with Crippen molar-refractivity contribution in [3.05, 3.63) is 62.0 Å². The molecule has 0 aliphatic carbocycles. The molecular formula is C16H16BrCl2NO. The largest absolute Gasteiger partial charge is 0.496 e. The van der Waals surface area contributed by atoms with Crippen LogP contribution in [-0.2, 0) is 6.54 Å². The predicted molar refractivity (Wildman–Crippen MR) is 92.4 cm³/mol. The average Bonchev–Trinajstić information content (AvgIpc) is 2.47. The van der Waals surface area contributed by atoms with Gasteiger partial charge in [-0.15, -0.1) is 0 Å². The molecule has 0 amide bonds. The van der Waals surface area contributed by atoms with Gasteiger partial charge in [0.05, 0.1) is 11.6 Å². The molecule has 0 saturated heterocycles. The third-order valence-corrected chi connectivity index (χ3v) is 4.51. The Morgan fingerprint density at radius 3 is 2.62 bits per heavy atom. The van der Waals surface area contributed by atoms with Crippen LogP contribution in [0.1, 0.15) is 24.1 Å². The summed E-state index contributed by atoms with van der Waals surface area (Å²) in [6, 6.07) is 11.7. The first-order valence-electron chi connectivity index (χ1n) is 6.52. The van der Waals surface area contributed by atoms with Gasteiger partial charge in [0.1, 0.15) is 5.75 Å². The minimum Gasteiger partial charge on any atom is -0.496 e. The molecule has 1 N–H and O–H groups in total. The Labute approximate surface area is 143 Å². The van der Waals surface area contributed by atoms with E-state index in [2.05, 4.69) is 34.2 Å². The fourth-order valence-corrected chi connectivity index (χ4v) is 2.95. The Kier molecular flexibility index (Phi) is 5.94. The highest BCUT2D eigenvalue weighted by Gasteiger charge is 2.09. The lowest BCUT2D eigenvalue weighted by atomic mass is 10.1. The van der Waals surface area contributed by atoms with Crippen molar-refractivity contribution in [1.29, 1.82) is 0 Å². The van der Waals surface area contributed by atoms with E-state index in [-0.39, 0.29) is 6.04 Å². The second-order valence-electron chi connectivity index (χ2n) is 4.73. The van der Waals surface area contributed by atoms with Crippen molar-refractivity contribution in [3.63, 3.8) is 0 Å². The van der Waals surface area contributed by atoms with E-state index in [0.29, 0.717) is 11.6 Å².